The first-order valence-electron chi connectivity index (χ1n) is 10.4. The van der Waals surface area contributed by atoms with Crippen molar-refractivity contribution in [3.05, 3.63) is 77.6 Å². The van der Waals surface area contributed by atoms with Crippen LogP contribution in [0, 0.1) is 0 Å². The number of carbonyl (C=O) groups is 1. The minimum Gasteiger partial charge on any atom is -0.493 e. The van der Waals surface area contributed by atoms with Gasteiger partial charge in [0.25, 0.3) is 0 Å². The molecule has 0 atom stereocenters. The molecule has 0 saturated carbocycles. The number of hydrogen-bond acceptors (Lipinski definition) is 6. The van der Waals surface area contributed by atoms with Crippen LogP contribution in [0.25, 0.3) is 32.6 Å². The summed E-state index contributed by atoms with van der Waals surface area (Å²) in [7, 11) is 3.15. The second-order valence-electron chi connectivity index (χ2n) is 7.43. The number of aromatic nitrogens is 2. The molecule has 0 fully saturated rings. The fourth-order valence-electron chi connectivity index (χ4n) is 3.76. The molecule has 0 aliphatic rings. The van der Waals surface area contributed by atoms with Gasteiger partial charge < -0.3 is 24.3 Å². The van der Waals surface area contributed by atoms with Crippen LogP contribution in [0.1, 0.15) is 10.4 Å². The lowest BCUT2D eigenvalue weighted by atomic mass is 10.1. The van der Waals surface area contributed by atoms with Gasteiger partial charge in [-0.1, -0.05) is 0 Å². The van der Waals surface area contributed by atoms with Crippen LogP contribution in [0.2, 0.25) is 0 Å². The lowest BCUT2D eigenvalue weighted by molar-refractivity contribution is -0.130. The summed E-state index contributed by atoms with van der Waals surface area (Å²) in [5.74, 6) is 1.28. The molecule has 0 unspecified atom stereocenters. The summed E-state index contributed by atoms with van der Waals surface area (Å²) in [6, 6.07) is 14.8. The number of rotatable bonds is 7. The Morgan fingerprint density at radius 1 is 1.03 bits per heavy atom. The molecule has 0 aliphatic heterocycles. The molecule has 0 bridgehead atoms. The monoisotopic (exact) mass is 472 g/mol. The van der Waals surface area contributed by atoms with E-state index in [0.717, 1.165) is 21.0 Å². The number of hydrogen-bond donors (Lipinski definition) is 2. The highest BCUT2D eigenvalue weighted by molar-refractivity contribution is 7.20. The number of fused-ring (bicyclic) bond motifs is 2. The Bertz CT molecular complexity index is 1540. The van der Waals surface area contributed by atoms with Gasteiger partial charge in [0.1, 0.15) is 5.75 Å². The minimum absolute atomic E-state index is 0.138. The first kappa shape index (κ1) is 21.5. The van der Waals surface area contributed by atoms with Crippen LogP contribution in [-0.2, 0) is 4.79 Å². The average Bonchev–Trinajstić information content (AvgIpc) is 3.45. The molecule has 0 aliphatic carbocycles. The van der Waals surface area contributed by atoms with Crippen molar-refractivity contribution in [2.75, 3.05) is 14.2 Å². The first-order valence-corrected chi connectivity index (χ1v) is 11.2. The van der Waals surface area contributed by atoms with E-state index in [9.17, 15) is 9.90 Å². The maximum Gasteiger partial charge on any atom is 0.336 e. The normalized spacial score (nSPS) is 11.6. The summed E-state index contributed by atoms with van der Waals surface area (Å²) in [5.41, 5.74) is 1.69. The van der Waals surface area contributed by atoms with Crippen LogP contribution in [0.5, 0.6) is 23.0 Å². The van der Waals surface area contributed by atoms with Crippen LogP contribution in [-0.4, -0.2) is 35.3 Å². The Balaban J connectivity index is 1.71. The van der Waals surface area contributed by atoms with Crippen LogP contribution in [0.4, 0.5) is 0 Å². The van der Waals surface area contributed by atoms with Crippen molar-refractivity contribution in [3.63, 3.8) is 0 Å². The van der Waals surface area contributed by atoms with E-state index in [4.69, 9.17) is 14.2 Å². The highest BCUT2D eigenvalue weighted by Crippen LogP contribution is 2.46. The number of pyridine rings is 1. The molecule has 0 amide bonds. The van der Waals surface area contributed by atoms with Crippen molar-refractivity contribution in [3.8, 4) is 23.0 Å². The summed E-state index contributed by atoms with van der Waals surface area (Å²) < 4.78 is 18.2. The second kappa shape index (κ2) is 8.92. The Labute approximate surface area is 198 Å². The molecule has 34 heavy (non-hydrogen) atoms. The van der Waals surface area contributed by atoms with E-state index in [1.807, 2.05) is 42.6 Å². The van der Waals surface area contributed by atoms with Crippen molar-refractivity contribution in [2.24, 2.45) is 0 Å². The molecule has 3 aromatic heterocycles. The quantitative estimate of drug-likeness (QED) is 0.274. The van der Waals surface area contributed by atoms with E-state index in [2.05, 4.69) is 9.97 Å². The fourth-order valence-corrected chi connectivity index (χ4v) is 4.85. The van der Waals surface area contributed by atoms with Crippen LogP contribution < -0.4 is 14.2 Å². The van der Waals surface area contributed by atoms with E-state index in [1.54, 1.807) is 44.8 Å². The van der Waals surface area contributed by atoms with E-state index in [1.165, 1.54) is 11.3 Å². The Hall–Kier alpha value is -4.30. The molecular formula is C26H20N2O5S. The SMILES string of the molecule is COc1cc2sc(C=C(C(=O)O)c3ccncc3)c(Oc3ccc4[nH]ccc4c3)c2cc1OC. The molecule has 170 valence electrons. The van der Waals surface area contributed by atoms with Gasteiger partial charge in [-0.15, -0.1) is 11.3 Å². The molecule has 3 heterocycles. The Morgan fingerprint density at radius 2 is 1.79 bits per heavy atom. The van der Waals surface area contributed by atoms with Crippen molar-refractivity contribution >= 4 is 49.9 Å². The Kier molecular flexibility index (Phi) is 5.65. The van der Waals surface area contributed by atoms with E-state index in [0.29, 0.717) is 33.4 Å². The van der Waals surface area contributed by atoms with E-state index >= 15 is 0 Å². The van der Waals surface area contributed by atoms with Gasteiger partial charge in [0.15, 0.2) is 17.2 Å². The van der Waals surface area contributed by atoms with Crippen LogP contribution >= 0.6 is 11.3 Å². The molecule has 2 aromatic carbocycles. The zero-order valence-corrected chi connectivity index (χ0v) is 19.2. The van der Waals surface area contributed by atoms with Gasteiger partial charge >= 0.3 is 5.97 Å². The predicted molar refractivity (Wildman–Crippen MR) is 133 cm³/mol. The van der Waals surface area contributed by atoms with Crippen molar-refractivity contribution in [2.45, 2.75) is 0 Å². The largest absolute Gasteiger partial charge is 0.493 e. The molecule has 7 nitrogen and oxygen atoms in total. The number of aliphatic carboxylic acids is 1. The van der Waals surface area contributed by atoms with Gasteiger partial charge in [0, 0.05) is 45.6 Å². The molecular weight excluding hydrogens is 452 g/mol. The number of carboxylic acids is 1. The maximum atomic E-state index is 12.1. The number of carboxylic acid groups (broad SMARTS) is 1. The standard InChI is InChI=1S/C26H20N2O5S/c1-31-21-12-19-23(14-22(21)32-2)34-24(13-18(26(29)30)15-5-8-27-9-6-15)25(19)33-17-3-4-20-16(11-17)7-10-28-20/h3-14,28H,1-2H3,(H,29,30). The minimum atomic E-state index is -1.04. The third-order valence-electron chi connectivity index (χ3n) is 5.42. The number of nitrogens with zero attached hydrogens (tertiary/aromatic N) is 1. The third-order valence-corrected chi connectivity index (χ3v) is 6.50. The molecule has 5 aromatic rings. The van der Waals surface area contributed by atoms with Crippen molar-refractivity contribution < 1.29 is 24.1 Å². The fraction of sp³-hybridized carbons (Fsp3) is 0.0769. The van der Waals surface area contributed by atoms with E-state index < -0.39 is 5.97 Å². The smallest absolute Gasteiger partial charge is 0.336 e. The number of H-pyrrole nitrogens is 1. The number of ether oxygens (including phenoxy) is 3. The molecule has 2 N–H and O–H groups in total. The van der Waals surface area contributed by atoms with Crippen molar-refractivity contribution in [1.29, 1.82) is 0 Å². The summed E-state index contributed by atoms with van der Waals surface area (Å²) in [5, 5.41) is 11.7. The number of nitrogens with one attached hydrogen (secondary N) is 1. The van der Waals surface area contributed by atoms with E-state index in [-0.39, 0.29) is 5.57 Å². The summed E-state index contributed by atoms with van der Waals surface area (Å²) in [4.78, 5) is 20.0. The maximum absolute atomic E-state index is 12.1. The number of thiophene rings is 1. The van der Waals surface area contributed by atoms with Crippen LogP contribution in [0.15, 0.2) is 67.1 Å². The molecule has 0 saturated heterocycles. The molecule has 0 spiro atoms. The van der Waals surface area contributed by atoms with Crippen LogP contribution in [0.3, 0.4) is 0 Å². The number of methoxy groups -OCH3 is 2. The number of aromatic amines is 1. The average molecular weight is 473 g/mol. The van der Waals surface area contributed by atoms with Gasteiger partial charge in [0.2, 0.25) is 0 Å². The van der Waals surface area contributed by atoms with Gasteiger partial charge in [0.05, 0.1) is 24.7 Å². The summed E-state index contributed by atoms with van der Waals surface area (Å²) >= 11 is 1.42. The lowest BCUT2D eigenvalue weighted by Gasteiger charge is -2.10. The summed E-state index contributed by atoms with van der Waals surface area (Å²) in [6.07, 6.45) is 6.63. The Morgan fingerprint density at radius 3 is 2.53 bits per heavy atom. The number of benzene rings is 2. The highest BCUT2D eigenvalue weighted by atomic mass is 32.1. The third kappa shape index (κ3) is 3.95. The van der Waals surface area contributed by atoms with Gasteiger partial charge in [-0.3, -0.25) is 4.98 Å². The van der Waals surface area contributed by atoms with Gasteiger partial charge in [-0.05, 0) is 54.1 Å². The molecule has 5 rings (SSSR count). The highest BCUT2D eigenvalue weighted by Gasteiger charge is 2.20. The van der Waals surface area contributed by atoms with Gasteiger partial charge in [-0.25, -0.2) is 4.79 Å². The zero-order valence-electron chi connectivity index (χ0n) is 18.4. The van der Waals surface area contributed by atoms with Crippen molar-refractivity contribution in [1.82, 2.24) is 9.97 Å². The zero-order chi connectivity index (χ0) is 23.7. The molecule has 8 heteroatoms. The predicted octanol–water partition coefficient (Wildman–Crippen LogP) is 6.21. The lowest BCUT2D eigenvalue weighted by Crippen LogP contribution is -1.99. The first-order chi connectivity index (χ1) is 16.6. The molecule has 0 radical (unpaired) electrons. The van der Waals surface area contributed by atoms with Gasteiger partial charge in [-0.2, -0.15) is 0 Å². The topological polar surface area (TPSA) is 93.7 Å². The summed E-state index contributed by atoms with van der Waals surface area (Å²) in [6.45, 7) is 0. The second-order valence-corrected chi connectivity index (χ2v) is 8.51.